The van der Waals surface area contributed by atoms with Gasteiger partial charge in [0.1, 0.15) is 11.6 Å². The Kier molecular flexibility index (Phi) is 4.87. The van der Waals surface area contributed by atoms with Crippen molar-refractivity contribution in [2.75, 3.05) is 6.54 Å². The van der Waals surface area contributed by atoms with Gasteiger partial charge in [0.05, 0.1) is 5.56 Å². The van der Waals surface area contributed by atoms with Crippen LogP contribution in [-0.2, 0) is 11.0 Å². The smallest absolute Gasteiger partial charge is 0.416 e. The lowest BCUT2D eigenvalue weighted by Gasteiger charge is -2.29. The van der Waals surface area contributed by atoms with Gasteiger partial charge in [-0.2, -0.15) is 13.2 Å². The molecule has 1 aliphatic heterocycles. The van der Waals surface area contributed by atoms with E-state index in [0.717, 1.165) is 25.0 Å². The number of oxazole rings is 1. The highest BCUT2D eigenvalue weighted by atomic mass is 19.4. The molecule has 3 aromatic rings. The van der Waals surface area contributed by atoms with E-state index in [4.69, 9.17) is 4.42 Å². The number of rotatable bonds is 2. The molecule has 7 heteroatoms. The lowest BCUT2D eigenvalue weighted by Crippen LogP contribution is -2.39. The summed E-state index contributed by atoms with van der Waals surface area (Å²) in [4.78, 5) is 19.2. The Bertz CT molecular complexity index is 1100. The molecule has 0 aliphatic carbocycles. The number of carbonyl (C=O) groups is 1. The van der Waals surface area contributed by atoms with Crippen molar-refractivity contribution in [2.45, 2.75) is 45.8 Å². The molecule has 1 saturated heterocycles. The van der Waals surface area contributed by atoms with Crippen molar-refractivity contribution >= 4 is 17.0 Å². The van der Waals surface area contributed by atoms with Crippen molar-refractivity contribution in [2.24, 2.45) is 5.41 Å². The fourth-order valence-corrected chi connectivity index (χ4v) is 3.84. The Morgan fingerprint density at radius 2 is 1.83 bits per heavy atom. The van der Waals surface area contributed by atoms with Gasteiger partial charge in [-0.25, -0.2) is 4.98 Å². The first-order chi connectivity index (χ1) is 14.0. The van der Waals surface area contributed by atoms with Gasteiger partial charge < -0.3 is 9.32 Å². The molecule has 1 fully saturated rings. The fourth-order valence-electron chi connectivity index (χ4n) is 3.84. The molecular formula is C23H23F3N2O2. The van der Waals surface area contributed by atoms with Crippen molar-refractivity contribution in [3.63, 3.8) is 0 Å². The number of alkyl halides is 3. The third-order valence-electron chi connectivity index (χ3n) is 5.37. The fraction of sp³-hybridized carbons (Fsp3) is 0.391. The number of carbonyl (C=O) groups excluding carboxylic acids is 1. The highest BCUT2D eigenvalue weighted by Gasteiger charge is 2.38. The predicted molar refractivity (Wildman–Crippen MR) is 108 cm³/mol. The zero-order valence-corrected chi connectivity index (χ0v) is 17.1. The molecular weight excluding hydrogens is 393 g/mol. The van der Waals surface area contributed by atoms with Crippen molar-refractivity contribution in [1.29, 1.82) is 0 Å². The van der Waals surface area contributed by atoms with E-state index in [1.54, 1.807) is 24.3 Å². The second-order valence-electron chi connectivity index (χ2n) is 8.72. The van der Waals surface area contributed by atoms with Gasteiger partial charge in [0.25, 0.3) is 0 Å². The van der Waals surface area contributed by atoms with Gasteiger partial charge in [0.2, 0.25) is 11.8 Å². The average Bonchev–Trinajstić information content (AvgIpc) is 3.32. The Balaban J connectivity index is 1.67. The third kappa shape index (κ3) is 3.80. The Labute approximate surface area is 172 Å². The van der Waals surface area contributed by atoms with Crippen LogP contribution in [0.15, 0.2) is 46.9 Å². The maximum atomic E-state index is 13.0. The first kappa shape index (κ1) is 20.4. The highest BCUT2D eigenvalue weighted by Crippen LogP contribution is 2.37. The number of benzene rings is 2. The maximum Gasteiger partial charge on any atom is 0.416 e. The minimum absolute atomic E-state index is 0.0527. The van der Waals surface area contributed by atoms with E-state index in [2.05, 4.69) is 4.98 Å². The molecule has 1 amide bonds. The third-order valence-corrected chi connectivity index (χ3v) is 5.37. The number of nitrogens with zero attached hydrogens (tertiary/aromatic N) is 2. The lowest BCUT2D eigenvalue weighted by molar-refractivity contribution is -0.141. The average molecular weight is 416 g/mol. The van der Waals surface area contributed by atoms with Crippen molar-refractivity contribution < 1.29 is 22.4 Å². The minimum atomic E-state index is -4.40. The number of fused-ring (bicyclic) bond motifs is 1. The molecule has 0 radical (unpaired) electrons. The van der Waals surface area contributed by atoms with Crippen LogP contribution in [0.2, 0.25) is 0 Å². The molecule has 30 heavy (non-hydrogen) atoms. The number of halogens is 3. The Morgan fingerprint density at radius 3 is 2.53 bits per heavy atom. The summed E-state index contributed by atoms with van der Waals surface area (Å²) < 4.78 is 45.0. The highest BCUT2D eigenvalue weighted by molar-refractivity contribution is 5.83. The molecule has 4 rings (SSSR count). The van der Waals surface area contributed by atoms with Crippen LogP contribution >= 0.6 is 0 Å². The molecule has 1 aromatic heterocycles. The minimum Gasteiger partial charge on any atom is -0.438 e. The van der Waals surface area contributed by atoms with Crippen LogP contribution in [0.4, 0.5) is 13.2 Å². The van der Waals surface area contributed by atoms with Crippen molar-refractivity contribution in [3.8, 4) is 11.1 Å². The van der Waals surface area contributed by atoms with Gasteiger partial charge in [-0.1, -0.05) is 39.0 Å². The number of aromatic nitrogens is 1. The van der Waals surface area contributed by atoms with Crippen LogP contribution in [0.5, 0.6) is 0 Å². The van der Waals surface area contributed by atoms with Crippen LogP contribution in [0.3, 0.4) is 0 Å². The van der Waals surface area contributed by atoms with Crippen LogP contribution in [-0.4, -0.2) is 22.3 Å². The Morgan fingerprint density at radius 1 is 1.10 bits per heavy atom. The van der Waals surface area contributed by atoms with Crippen LogP contribution in [0.25, 0.3) is 22.2 Å². The molecule has 4 nitrogen and oxygen atoms in total. The van der Waals surface area contributed by atoms with E-state index in [9.17, 15) is 18.0 Å². The first-order valence-electron chi connectivity index (χ1n) is 9.93. The molecule has 1 unspecified atom stereocenters. The van der Waals surface area contributed by atoms with Gasteiger partial charge in [0.15, 0.2) is 5.58 Å². The monoisotopic (exact) mass is 416 g/mol. The molecule has 0 N–H and O–H groups in total. The zero-order valence-electron chi connectivity index (χ0n) is 17.1. The molecule has 0 bridgehead atoms. The first-order valence-corrected chi connectivity index (χ1v) is 9.93. The zero-order chi connectivity index (χ0) is 21.7. The van der Waals surface area contributed by atoms with E-state index in [-0.39, 0.29) is 11.9 Å². The summed E-state index contributed by atoms with van der Waals surface area (Å²) in [5.74, 6) is 0.526. The topological polar surface area (TPSA) is 46.3 Å². The van der Waals surface area contributed by atoms with Crippen molar-refractivity contribution in [3.05, 3.63) is 53.9 Å². The molecule has 0 saturated carbocycles. The van der Waals surface area contributed by atoms with Crippen LogP contribution in [0.1, 0.15) is 51.1 Å². The summed E-state index contributed by atoms with van der Waals surface area (Å²) in [5.41, 5.74) is 1.02. The largest absolute Gasteiger partial charge is 0.438 e. The predicted octanol–water partition coefficient (Wildman–Crippen LogP) is 6.22. The number of likely N-dealkylation sites (tertiary alicyclic amines) is 1. The summed E-state index contributed by atoms with van der Waals surface area (Å²) in [5, 5.41) is 0. The second kappa shape index (κ2) is 7.15. The summed E-state index contributed by atoms with van der Waals surface area (Å²) in [6, 6.07) is 10.2. The van der Waals surface area contributed by atoms with E-state index in [0.29, 0.717) is 34.7 Å². The summed E-state index contributed by atoms with van der Waals surface area (Å²) in [7, 11) is 0. The van der Waals surface area contributed by atoms with E-state index >= 15 is 0 Å². The molecule has 2 heterocycles. The quantitative estimate of drug-likeness (QED) is 0.498. The molecule has 2 aromatic carbocycles. The Hall–Kier alpha value is -2.83. The van der Waals surface area contributed by atoms with Crippen LogP contribution in [0, 0.1) is 5.41 Å². The van der Waals surface area contributed by atoms with Crippen LogP contribution < -0.4 is 0 Å². The second-order valence-corrected chi connectivity index (χ2v) is 8.72. The summed E-state index contributed by atoms with van der Waals surface area (Å²) in [6.07, 6.45) is -2.75. The van der Waals surface area contributed by atoms with Gasteiger partial charge in [-0.15, -0.1) is 0 Å². The summed E-state index contributed by atoms with van der Waals surface area (Å²) >= 11 is 0. The summed E-state index contributed by atoms with van der Waals surface area (Å²) in [6.45, 7) is 6.32. The molecule has 1 aliphatic rings. The molecule has 1 atom stereocenters. The van der Waals surface area contributed by atoms with Gasteiger partial charge >= 0.3 is 6.18 Å². The molecule has 0 spiro atoms. The number of hydrogen-bond donors (Lipinski definition) is 0. The SMILES string of the molecule is CC(C)(C)C(=O)N1CCCC1c1nc2cc(-c3cccc(C(F)(F)F)c3)ccc2o1. The lowest BCUT2D eigenvalue weighted by atomic mass is 9.94. The standard InChI is InChI=1S/C23H23F3N2O2/c1-22(2,3)21(29)28-11-5-8-18(28)20-27-17-13-15(9-10-19(17)30-20)14-6-4-7-16(12-14)23(24,25)26/h4,6-7,9-10,12-13,18H,5,8,11H2,1-3H3. The molecule has 158 valence electrons. The van der Waals surface area contributed by atoms with E-state index < -0.39 is 17.2 Å². The number of amides is 1. The normalized spacial score (nSPS) is 17.7. The van der Waals surface area contributed by atoms with Gasteiger partial charge in [-0.3, -0.25) is 4.79 Å². The van der Waals surface area contributed by atoms with Crippen molar-refractivity contribution in [1.82, 2.24) is 9.88 Å². The van der Waals surface area contributed by atoms with E-state index in [1.165, 1.54) is 6.07 Å². The maximum absolute atomic E-state index is 13.0. The van der Waals surface area contributed by atoms with Gasteiger partial charge in [-0.05, 0) is 48.2 Å². The van der Waals surface area contributed by atoms with Gasteiger partial charge in [0, 0.05) is 12.0 Å². The number of hydrogen-bond acceptors (Lipinski definition) is 3. The van der Waals surface area contributed by atoms with E-state index in [1.807, 2.05) is 25.7 Å².